The number of nitrogens with one attached hydrogen (secondary N) is 1. The third kappa shape index (κ3) is 4.67. The van der Waals surface area contributed by atoms with Crippen molar-refractivity contribution in [3.05, 3.63) is 54.7 Å². The number of amides is 1. The number of aromatic nitrogens is 2. The SMILES string of the molecule is O=C(CSc1nncc2ccccc12)Nc1ccccc1SC(F)F. The van der Waals surface area contributed by atoms with Crippen molar-refractivity contribution in [1.29, 1.82) is 0 Å². The Labute approximate surface area is 151 Å². The third-order valence-corrected chi connectivity index (χ3v) is 5.02. The molecule has 3 rings (SSSR count). The van der Waals surface area contributed by atoms with Gasteiger partial charge >= 0.3 is 0 Å². The molecule has 0 radical (unpaired) electrons. The summed E-state index contributed by atoms with van der Waals surface area (Å²) in [5.74, 6) is -2.73. The number of carbonyl (C=O) groups excluding carboxylic acids is 1. The minimum Gasteiger partial charge on any atom is -0.324 e. The third-order valence-electron chi connectivity index (χ3n) is 3.25. The number of hydrogen-bond donors (Lipinski definition) is 1. The Bertz CT molecular complexity index is 887. The molecule has 1 heterocycles. The Morgan fingerprint density at radius 2 is 1.88 bits per heavy atom. The van der Waals surface area contributed by atoms with Crippen LogP contribution in [0, 0.1) is 0 Å². The molecular formula is C17H13F2N3OS2. The summed E-state index contributed by atoms with van der Waals surface area (Å²) in [6, 6.07) is 14.1. The van der Waals surface area contributed by atoms with Crippen LogP contribution in [0.1, 0.15) is 0 Å². The lowest BCUT2D eigenvalue weighted by molar-refractivity contribution is -0.113. The molecule has 8 heteroatoms. The highest BCUT2D eigenvalue weighted by Crippen LogP contribution is 2.32. The van der Waals surface area contributed by atoms with Crippen molar-refractivity contribution in [2.45, 2.75) is 15.7 Å². The first-order chi connectivity index (χ1) is 12.1. The number of carbonyl (C=O) groups is 1. The van der Waals surface area contributed by atoms with E-state index in [1.165, 1.54) is 11.8 Å². The number of para-hydroxylation sites is 1. The first-order valence-electron chi connectivity index (χ1n) is 7.30. The smallest absolute Gasteiger partial charge is 0.288 e. The summed E-state index contributed by atoms with van der Waals surface area (Å²) in [6.45, 7) is 0. The molecule has 0 atom stereocenters. The summed E-state index contributed by atoms with van der Waals surface area (Å²) < 4.78 is 25.2. The fourth-order valence-corrected chi connectivity index (χ4v) is 3.58. The van der Waals surface area contributed by atoms with Gasteiger partial charge in [0.05, 0.1) is 17.6 Å². The van der Waals surface area contributed by atoms with Gasteiger partial charge in [0.2, 0.25) is 5.91 Å². The minimum atomic E-state index is -2.54. The highest BCUT2D eigenvalue weighted by molar-refractivity contribution is 8.00. The van der Waals surface area contributed by atoms with Crippen LogP contribution < -0.4 is 5.32 Å². The lowest BCUT2D eigenvalue weighted by atomic mass is 10.2. The fraction of sp³-hybridized carbons (Fsp3) is 0.118. The van der Waals surface area contributed by atoms with Gasteiger partial charge in [-0.3, -0.25) is 4.79 Å². The molecule has 0 fully saturated rings. The molecule has 4 nitrogen and oxygen atoms in total. The largest absolute Gasteiger partial charge is 0.324 e. The molecule has 1 N–H and O–H groups in total. The second-order valence-corrected chi connectivity index (χ2v) is 6.94. The minimum absolute atomic E-state index is 0.108. The summed E-state index contributed by atoms with van der Waals surface area (Å²) in [4.78, 5) is 12.5. The number of hydrogen-bond acceptors (Lipinski definition) is 5. The van der Waals surface area contributed by atoms with E-state index in [2.05, 4.69) is 15.5 Å². The molecule has 25 heavy (non-hydrogen) atoms. The predicted octanol–water partition coefficient (Wildman–Crippen LogP) is 4.68. The summed E-state index contributed by atoms with van der Waals surface area (Å²) >= 11 is 1.66. The molecule has 0 saturated heterocycles. The Kier molecular flexibility index (Phi) is 5.83. The number of benzene rings is 2. The highest BCUT2D eigenvalue weighted by atomic mass is 32.2. The standard InChI is InChI=1S/C17H13F2N3OS2/c18-17(19)25-14-8-4-3-7-13(14)21-15(23)10-24-16-12-6-2-1-5-11(12)9-20-22-16/h1-9,17H,10H2,(H,21,23). The molecule has 1 aromatic heterocycles. The van der Waals surface area contributed by atoms with Crippen LogP contribution in [0.2, 0.25) is 0 Å². The lowest BCUT2D eigenvalue weighted by Crippen LogP contribution is -2.15. The average Bonchev–Trinajstić information content (AvgIpc) is 2.61. The predicted molar refractivity (Wildman–Crippen MR) is 97.2 cm³/mol. The van der Waals surface area contributed by atoms with Crippen LogP contribution in [0.5, 0.6) is 0 Å². The number of fused-ring (bicyclic) bond motifs is 1. The van der Waals surface area contributed by atoms with E-state index in [-0.39, 0.29) is 11.7 Å². The summed E-state index contributed by atoms with van der Waals surface area (Å²) in [5, 5.41) is 13.2. The zero-order chi connectivity index (χ0) is 17.6. The Hall–Kier alpha value is -2.19. The van der Waals surface area contributed by atoms with Crippen molar-refractivity contribution < 1.29 is 13.6 Å². The van der Waals surface area contributed by atoms with Crippen molar-refractivity contribution in [1.82, 2.24) is 10.2 Å². The molecular weight excluding hydrogens is 364 g/mol. The van der Waals surface area contributed by atoms with E-state index in [9.17, 15) is 13.6 Å². The van der Waals surface area contributed by atoms with Crippen molar-refractivity contribution in [3.8, 4) is 0 Å². The number of alkyl halides is 2. The summed E-state index contributed by atoms with van der Waals surface area (Å²) in [7, 11) is 0. The average molecular weight is 377 g/mol. The van der Waals surface area contributed by atoms with Crippen LogP contribution >= 0.6 is 23.5 Å². The maximum absolute atomic E-state index is 12.6. The quantitative estimate of drug-likeness (QED) is 0.633. The number of thioether (sulfide) groups is 2. The number of nitrogens with zero attached hydrogens (tertiary/aromatic N) is 2. The molecule has 0 saturated carbocycles. The van der Waals surface area contributed by atoms with E-state index in [0.717, 1.165) is 10.8 Å². The molecule has 0 aliphatic rings. The van der Waals surface area contributed by atoms with Crippen LogP contribution in [0.4, 0.5) is 14.5 Å². The van der Waals surface area contributed by atoms with Crippen molar-refractivity contribution in [3.63, 3.8) is 0 Å². The van der Waals surface area contributed by atoms with Crippen LogP contribution in [0.25, 0.3) is 10.8 Å². The first-order valence-corrected chi connectivity index (χ1v) is 9.17. The number of rotatable bonds is 6. The molecule has 2 aromatic carbocycles. The maximum Gasteiger partial charge on any atom is 0.288 e. The zero-order valence-electron chi connectivity index (χ0n) is 12.9. The van der Waals surface area contributed by atoms with Gasteiger partial charge in [0.1, 0.15) is 5.03 Å². The Morgan fingerprint density at radius 1 is 1.12 bits per heavy atom. The van der Waals surface area contributed by atoms with Gasteiger partial charge in [-0.2, -0.15) is 13.9 Å². The van der Waals surface area contributed by atoms with E-state index < -0.39 is 5.76 Å². The van der Waals surface area contributed by atoms with E-state index in [1.807, 2.05) is 24.3 Å². The van der Waals surface area contributed by atoms with E-state index in [4.69, 9.17) is 0 Å². The zero-order valence-corrected chi connectivity index (χ0v) is 14.5. The van der Waals surface area contributed by atoms with Gasteiger partial charge in [-0.05, 0) is 12.1 Å². The van der Waals surface area contributed by atoms with E-state index >= 15 is 0 Å². The van der Waals surface area contributed by atoms with Gasteiger partial charge in [0, 0.05) is 15.7 Å². The normalized spacial score (nSPS) is 11.0. The molecule has 0 aliphatic carbocycles. The highest BCUT2D eigenvalue weighted by Gasteiger charge is 2.13. The molecule has 0 aliphatic heterocycles. The molecule has 0 spiro atoms. The van der Waals surface area contributed by atoms with Gasteiger partial charge in [0.25, 0.3) is 5.76 Å². The summed E-state index contributed by atoms with van der Waals surface area (Å²) in [6.07, 6.45) is 1.66. The topological polar surface area (TPSA) is 54.9 Å². The first kappa shape index (κ1) is 17.6. The fourth-order valence-electron chi connectivity index (χ4n) is 2.20. The van der Waals surface area contributed by atoms with Crippen LogP contribution in [0.15, 0.2) is 64.6 Å². The van der Waals surface area contributed by atoms with Crippen molar-refractivity contribution >= 4 is 45.9 Å². The van der Waals surface area contributed by atoms with Gasteiger partial charge in [-0.25, -0.2) is 0 Å². The maximum atomic E-state index is 12.6. The van der Waals surface area contributed by atoms with Crippen molar-refractivity contribution in [2.75, 3.05) is 11.1 Å². The molecule has 1 amide bonds. The van der Waals surface area contributed by atoms with Crippen LogP contribution in [-0.2, 0) is 4.79 Å². The number of halogens is 2. The monoisotopic (exact) mass is 377 g/mol. The molecule has 0 bridgehead atoms. The van der Waals surface area contributed by atoms with Crippen LogP contribution in [-0.4, -0.2) is 27.6 Å². The van der Waals surface area contributed by atoms with Gasteiger partial charge in [0.15, 0.2) is 0 Å². The van der Waals surface area contributed by atoms with E-state index in [0.29, 0.717) is 27.4 Å². The van der Waals surface area contributed by atoms with E-state index in [1.54, 1.807) is 30.5 Å². The van der Waals surface area contributed by atoms with Crippen LogP contribution in [0.3, 0.4) is 0 Å². The van der Waals surface area contributed by atoms with Gasteiger partial charge in [-0.15, -0.1) is 5.10 Å². The lowest BCUT2D eigenvalue weighted by Gasteiger charge is -2.10. The summed E-state index contributed by atoms with van der Waals surface area (Å²) in [5.41, 5.74) is 0.377. The molecule has 3 aromatic rings. The van der Waals surface area contributed by atoms with Crippen molar-refractivity contribution in [2.24, 2.45) is 0 Å². The molecule has 0 unspecified atom stereocenters. The Morgan fingerprint density at radius 3 is 2.72 bits per heavy atom. The number of anilines is 1. The Balaban J connectivity index is 1.67. The van der Waals surface area contributed by atoms with Gasteiger partial charge < -0.3 is 5.32 Å². The van der Waals surface area contributed by atoms with Gasteiger partial charge in [-0.1, -0.05) is 59.9 Å². The molecule has 128 valence electrons. The second kappa shape index (κ2) is 8.26. The second-order valence-electron chi connectivity index (χ2n) is 4.95.